The first kappa shape index (κ1) is 18.1. The molecule has 22 heavy (non-hydrogen) atoms. The quantitative estimate of drug-likeness (QED) is 0.579. The summed E-state index contributed by atoms with van der Waals surface area (Å²) in [5, 5.41) is 19.8. The van der Waals surface area contributed by atoms with E-state index in [-0.39, 0.29) is 28.1 Å². The van der Waals surface area contributed by atoms with E-state index in [1.54, 1.807) is 6.92 Å². The van der Waals surface area contributed by atoms with Crippen LogP contribution in [0.25, 0.3) is 0 Å². The third kappa shape index (κ3) is 4.01. The van der Waals surface area contributed by atoms with Crippen LogP contribution in [0.4, 0.5) is 5.69 Å². The Morgan fingerprint density at radius 1 is 1.36 bits per heavy atom. The molecular formula is C13H18N2O6S. The average molecular weight is 330 g/mol. The van der Waals surface area contributed by atoms with E-state index in [9.17, 15) is 23.3 Å². The Balaban J connectivity index is 3.29. The van der Waals surface area contributed by atoms with Crippen molar-refractivity contribution in [3.05, 3.63) is 33.4 Å². The third-order valence-electron chi connectivity index (χ3n) is 3.10. The monoisotopic (exact) mass is 330 g/mol. The Bertz CT molecular complexity index is 675. The van der Waals surface area contributed by atoms with Crippen molar-refractivity contribution >= 4 is 21.7 Å². The van der Waals surface area contributed by atoms with E-state index in [2.05, 4.69) is 4.72 Å². The van der Waals surface area contributed by atoms with Crippen molar-refractivity contribution in [1.29, 1.82) is 0 Å². The van der Waals surface area contributed by atoms with Crippen molar-refractivity contribution in [2.75, 3.05) is 0 Å². The second-order valence-electron chi connectivity index (χ2n) is 4.97. The maximum Gasteiger partial charge on any atom is 0.321 e. The molecule has 0 bridgehead atoms. The Morgan fingerprint density at radius 2 is 1.86 bits per heavy atom. The van der Waals surface area contributed by atoms with E-state index < -0.39 is 27.0 Å². The molecule has 0 aliphatic carbocycles. The van der Waals surface area contributed by atoms with Gasteiger partial charge in [-0.2, -0.15) is 4.72 Å². The number of nitro benzene ring substituents is 1. The van der Waals surface area contributed by atoms with E-state index >= 15 is 0 Å². The van der Waals surface area contributed by atoms with Gasteiger partial charge >= 0.3 is 5.97 Å². The minimum atomic E-state index is -4.08. The van der Waals surface area contributed by atoms with Crippen LogP contribution < -0.4 is 4.72 Å². The van der Waals surface area contributed by atoms with Crippen LogP contribution in [0.5, 0.6) is 0 Å². The molecule has 0 amide bonds. The zero-order chi connectivity index (χ0) is 17.1. The number of hydrogen-bond acceptors (Lipinski definition) is 5. The number of nitrogens with one attached hydrogen (secondary N) is 1. The third-order valence-corrected chi connectivity index (χ3v) is 4.87. The van der Waals surface area contributed by atoms with E-state index in [0.717, 1.165) is 12.1 Å². The number of benzene rings is 1. The molecule has 0 aromatic heterocycles. The van der Waals surface area contributed by atoms with Gasteiger partial charge in [-0.05, 0) is 31.4 Å². The predicted octanol–water partition coefficient (Wildman–Crippen LogP) is 1.74. The number of nitro groups is 1. The van der Waals surface area contributed by atoms with Crippen molar-refractivity contribution in [2.45, 2.75) is 44.6 Å². The average Bonchev–Trinajstić information content (AvgIpc) is 2.36. The molecule has 0 fully saturated rings. The van der Waals surface area contributed by atoms with Crippen LogP contribution >= 0.6 is 0 Å². The van der Waals surface area contributed by atoms with Gasteiger partial charge in [0.15, 0.2) is 0 Å². The molecule has 9 heteroatoms. The van der Waals surface area contributed by atoms with Gasteiger partial charge in [-0.15, -0.1) is 0 Å². The lowest BCUT2D eigenvalue weighted by atomic mass is 10.1. The van der Waals surface area contributed by atoms with Gasteiger partial charge in [0, 0.05) is 12.1 Å². The summed E-state index contributed by atoms with van der Waals surface area (Å²) >= 11 is 0. The van der Waals surface area contributed by atoms with Gasteiger partial charge in [0.25, 0.3) is 5.69 Å². The predicted molar refractivity (Wildman–Crippen MR) is 79.2 cm³/mol. The Morgan fingerprint density at radius 3 is 2.23 bits per heavy atom. The van der Waals surface area contributed by atoms with Gasteiger partial charge in [0.1, 0.15) is 6.04 Å². The first-order chi connectivity index (χ1) is 10.1. The molecule has 8 nitrogen and oxygen atoms in total. The molecule has 1 atom stereocenters. The molecule has 2 N–H and O–H groups in total. The summed E-state index contributed by atoms with van der Waals surface area (Å²) in [5.41, 5.74) is 0.178. The van der Waals surface area contributed by atoms with Crippen LogP contribution in [0.3, 0.4) is 0 Å². The highest BCUT2D eigenvalue weighted by atomic mass is 32.2. The highest BCUT2D eigenvalue weighted by Gasteiger charge is 2.28. The fraction of sp³-hybridized carbons (Fsp3) is 0.462. The van der Waals surface area contributed by atoms with Gasteiger partial charge in [-0.25, -0.2) is 8.42 Å². The molecule has 0 radical (unpaired) electrons. The fourth-order valence-electron chi connectivity index (χ4n) is 2.22. The molecule has 0 saturated carbocycles. The number of sulfonamides is 1. The summed E-state index contributed by atoms with van der Waals surface area (Å²) in [6.45, 7) is 4.61. The molecule has 1 aromatic carbocycles. The number of carbonyl (C=O) groups is 1. The van der Waals surface area contributed by atoms with Gasteiger partial charge in [0.05, 0.1) is 9.82 Å². The summed E-state index contributed by atoms with van der Waals surface area (Å²) < 4.78 is 26.9. The molecule has 0 saturated heterocycles. The highest BCUT2D eigenvalue weighted by molar-refractivity contribution is 7.89. The van der Waals surface area contributed by atoms with Crippen molar-refractivity contribution in [3.63, 3.8) is 0 Å². The van der Waals surface area contributed by atoms with Gasteiger partial charge in [-0.1, -0.05) is 13.3 Å². The second kappa shape index (κ2) is 6.84. The molecule has 1 unspecified atom stereocenters. The minimum Gasteiger partial charge on any atom is -0.480 e. The molecule has 0 aliphatic rings. The van der Waals surface area contributed by atoms with Crippen LogP contribution in [-0.4, -0.2) is 30.5 Å². The number of non-ortho nitro benzene ring substituents is 1. The number of rotatable bonds is 7. The van der Waals surface area contributed by atoms with Gasteiger partial charge in [-0.3, -0.25) is 14.9 Å². The number of nitrogens with zero attached hydrogens (tertiary/aromatic N) is 1. The van der Waals surface area contributed by atoms with E-state index in [4.69, 9.17) is 5.11 Å². The van der Waals surface area contributed by atoms with Crippen LogP contribution in [0, 0.1) is 24.0 Å². The Hall–Kier alpha value is -2.00. The maximum atomic E-state index is 12.4. The van der Waals surface area contributed by atoms with Crippen LogP contribution in [0.2, 0.25) is 0 Å². The summed E-state index contributed by atoms with van der Waals surface area (Å²) in [6.07, 6.45) is 0.650. The molecule has 0 heterocycles. The molecule has 0 aliphatic heterocycles. The summed E-state index contributed by atoms with van der Waals surface area (Å²) in [4.78, 5) is 21.1. The van der Waals surface area contributed by atoms with E-state index in [1.165, 1.54) is 13.8 Å². The van der Waals surface area contributed by atoms with Crippen LogP contribution in [0.15, 0.2) is 17.0 Å². The van der Waals surface area contributed by atoms with Gasteiger partial charge in [0.2, 0.25) is 10.0 Å². The SMILES string of the molecule is CCCC(NS(=O)(=O)c1c(C)cc([N+](=O)[O-])cc1C)C(=O)O. The maximum absolute atomic E-state index is 12.4. The first-order valence-corrected chi connectivity index (χ1v) is 8.09. The normalized spacial score (nSPS) is 12.9. The lowest BCUT2D eigenvalue weighted by molar-refractivity contribution is -0.385. The standard InChI is InChI=1S/C13H18N2O6S/c1-4-5-11(13(16)17)14-22(20,21)12-8(2)6-10(15(18)19)7-9(12)3/h6-7,11,14H,4-5H2,1-3H3,(H,16,17). The number of carboxylic acids is 1. The molecular weight excluding hydrogens is 312 g/mol. The zero-order valence-corrected chi connectivity index (χ0v) is 13.3. The number of aliphatic carboxylic acids is 1. The summed E-state index contributed by atoms with van der Waals surface area (Å²) in [6, 6.07) is 1.07. The van der Waals surface area contributed by atoms with Crippen LogP contribution in [0.1, 0.15) is 30.9 Å². The highest BCUT2D eigenvalue weighted by Crippen LogP contribution is 2.26. The van der Waals surface area contributed by atoms with Crippen molar-refractivity contribution in [3.8, 4) is 0 Å². The summed E-state index contributed by atoms with van der Waals surface area (Å²) in [5.74, 6) is -1.26. The number of carboxylic acid groups (broad SMARTS) is 1. The lowest BCUT2D eigenvalue weighted by Gasteiger charge is -2.16. The topological polar surface area (TPSA) is 127 Å². The lowest BCUT2D eigenvalue weighted by Crippen LogP contribution is -2.41. The summed E-state index contributed by atoms with van der Waals surface area (Å²) in [7, 11) is -4.08. The first-order valence-electron chi connectivity index (χ1n) is 6.61. The number of aryl methyl sites for hydroxylation is 2. The molecule has 122 valence electrons. The van der Waals surface area contributed by atoms with Crippen molar-refractivity contribution in [1.82, 2.24) is 4.72 Å². The van der Waals surface area contributed by atoms with E-state index in [0.29, 0.717) is 6.42 Å². The fourth-order valence-corrected chi connectivity index (χ4v) is 3.90. The molecule has 1 aromatic rings. The number of hydrogen-bond donors (Lipinski definition) is 2. The zero-order valence-electron chi connectivity index (χ0n) is 12.5. The smallest absolute Gasteiger partial charge is 0.321 e. The van der Waals surface area contributed by atoms with Gasteiger partial charge < -0.3 is 5.11 Å². The molecule has 1 rings (SSSR count). The Kier molecular flexibility index (Phi) is 5.61. The molecule has 0 spiro atoms. The second-order valence-corrected chi connectivity index (χ2v) is 6.62. The van der Waals surface area contributed by atoms with Crippen molar-refractivity contribution in [2.24, 2.45) is 0 Å². The van der Waals surface area contributed by atoms with E-state index in [1.807, 2.05) is 0 Å². The van der Waals surface area contributed by atoms with Crippen molar-refractivity contribution < 1.29 is 23.2 Å². The van der Waals surface area contributed by atoms with Crippen LogP contribution in [-0.2, 0) is 14.8 Å². The largest absolute Gasteiger partial charge is 0.480 e. The minimum absolute atomic E-state index is 0.125. The Labute approximate surface area is 128 Å².